The number of rotatable bonds is 3. The van der Waals surface area contributed by atoms with E-state index < -0.39 is 5.60 Å². The summed E-state index contributed by atoms with van der Waals surface area (Å²) in [7, 11) is 0. The van der Waals surface area contributed by atoms with E-state index in [1.54, 1.807) is 11.3 Å². The van der Waals surface area contributed by atoms with Crippen LogP contribution in [0.4, 0.5) is 0 Å². The number of phenols is 1. The van der Waals surface area contributed by atoms with Crippen molar-refractivity contribution in [3.63, 3.8) is 0 Å². The van der Waals surface area contributed by atoms with Crippen LogP contribution in [-0.4, -0.2) is 10.7 Å². The minimum absolute atomic E-state index is 0.401. The van der Waals surface area contributed by atoms with Gasteiger partial charge in [0.05, 0.1) is 4.88 Å². The monoisotopic (exact) mass is 368 g/mol. The molecule has 0 radical (unpaired) electrons. The third kappa shape index (κ3) is 3.62. The van der Waals surface area contributed by atoms with Gasteiger partial charge >= 0.3 is 0 Å². The average Bonchev–Trinajstić information content (AvgIpc) is 3.09. The van der Waals surface area contributed by atoms with Gasteiger partial charge in [-0.1, -0.05) is 19.3 Å². The Bertz CT molecular complexity index is 882. The number of hydrogen-bond acceptors (Lipinski definition) is 3. The van der Waals surface area contributed by atoms with Gasteiger partial charge in [0.15, 0.2) is 5.60 Å². The van der Waals surface area contributed by atoms with Crippen LogP contribution in [0.25, 0.3) is 0 Å². The Morgan fingerprint density at radius 1 is 1.19 bits per heavy atom. The summed E-state index contributed by atoms with van der Waals surface area (Å²) in [4.78, 5) is 2.52. The summed E-state index contributed by atoms with van der Waals surface area (Å²) < 4.78 is 6.38. The lowest BCUT2D eigenvalue weighted by Crippen LogP contribution is -2.35. The van der Waals surface area contributed by atoms with Crippen molar-refractivity contribution >= 4 is 11.3 Å². The maximum absolute atomic E-state index is 10.3. The van der Waals surface area contributed by atoms with Crippen molar-refractivity contribution < 1.29 is 9.84 Å². The molecule has 2 aromatic rings. The Balaban J connectivity index is 1.85. The van der Waals surface area contributed by atoms with Gasteiger partial charge in [-0.3, -0.25) is 0 Å². The van der Waals surface area contributed by atoms with Crippen molar-refractivity contribution in [2.45, 2.75) is 72.3 Å². The summed E-state index contributed by atoms with van der Waals surface area (Å²) in [5, 5.41) is 10.3. The molecule has 0 bridgehead atoms. The van der Waals surface area contributed by atoms with Crippen LogP contribution >= 0.6 is 11.3 Å². The minimum atomic E-state index is -0.485. The van der Waals surface area contributed by atoms with Crippen LogP contribution in [0.1, 0.15) is 65.1 Å². The maximum Gasteiger partial charge on any atom is 0.167 e. The summed E-state index contributed by atoms with van der Waals surface area (Å²) in [6.07, 6.45) is 5.32. The van der Waals surface area contributed by atoms with Crippen molar-refractivity contribution in [1.29, 1.82) is 0 Å². The third-order valence-corrected chi connectivity index (χ3v) is 6.47. The first-order chi connectivity index (χ1) is 12.3. The Hall–Kier alpha value is -1.92. The molecule has 2 nitrogen and oxygen atoms in total. The molecule has 1 aliphatic heterocycles. The molecule has 1 unspecified atom stereocenters. The molecule has 1 atom stereocenters. The molecule has 1 aromatic carbocycles. The van der Waals surface area contributed by atoms with Crippen LogP contribution in [0.3, 0.4) is 0 Å². The van der Waals surface area contributed by atoms with Gasteiger partial charge in [-0.25, -0.2) is 0 Å². The molecule has 3 heteroatoms. The van der Waals surface area contributed by atoms with Crippen LogP contribution in [0.15, 0.2) is 12.1 Å². The molecule has 2 heterocycles. The first-order valence-corrected chi connectivity index (χ1v) is 10.3. The summed E-state index contributed by atoms with van der Waals surface area (Å²) >= 11 is 1.79. The Morgan fingerprint density at radius 2 is 1.96 bits per heavy atom. The van der Waals surface area contributed by atoms with E-state index in [0.29, 0.717) is 5.75 Å². The van der Waals surface area contributed by atoms with Crippen LogP contribution in [0, 0.1) is 32.6 Å². The fraction of sp³-hybridized carbons (Fsp3) is 0.478. The van der Waals surface area contributed by atoms with E-state index in [2.05, 4.69) is 37.8 Å². The van der Waals surface area contributed by atoms with Crippen molar-refractivity contribution in [3.05, 3.63) is 44.1 Å². The van der Waals surface area contributed by atoms with Crippen molar-refractivity contribution in [1.82, 2.24) is 0 Å². The van der Waals surface area contributed by atoms with Crippen molar-refractivity contribution in [2.75, 3.05) is 0 Å². The van der Waals surface area contributed by atoms with Gasteiger partial charge in [0.25, 0.3) is 0 Å². The van der Waals surface area contributed by atoms with Crippen molar-refractivity contribution in [3.8, 4) is 23.3 Å². The van der Waals surface area contributed by atoms with Gasteiger partial charge in [0.1, 0.15) is 11.5 Å². The van der Waals surface area contributed by atoms with Crippen LogP contribution in [0.2, 0.25) is 0 Å². The Labute approximate surface area is 161 Å². The summed E-state index contributed by atoms with van der Waals surface area (Å²) in [5.41, 5.74) is 3.51. The fourth-order valence-electron chi connectivity index (χ4n) is 3.46. The maximum atomic E-state index is 10.3. The zero-order valence-electron chi connectivity index (χ0n) is 16.5. The second-order valence-corrected chi connectivity index (χ2v) is 8.65. The SMILES string of the molecule is CCCCc1ccc(C#CC2(C)CCc3c(C)c(O)c(C)c(C)c3O2)s1. The van der Waals surface area contributed by atoms with E-state index in [-0.39, 0.29) is 0 Å². The van der Waals surface area contributed by atoms with E-state index in [0.717, 1.165) is 52.1 Å². The first kappa shape index (κ1) is 18.9. The summed E-state index contributed by atoms with van der Waals surface area (Å²) in [5.74, 6) is 8.03. The normalized spacial score (nSPS) is 18.7. The highest BCUT2D eigenvalue weighted by Crippen LogP contribution is 2.43. The minimum Gasteiger partial charge on any atom is -0.507 e. The second-order valence-electron chi connectivity index (χ2n) is 7.48. The number of aryl methyl sites for hydroxylation is 1. The smallest absolute Gasteiger partial charge is 0.167 e. The topological polar surface area (TPSA) is 29.5 Å². The Morgan fingerprint density at radius 3 is 2.69 bits per heavy atom. The molecule has 1 aromatic heterocycles. The highest BCUT2D eigenvalue weighted by Gasteiger charge is 2.33. The van der Waals surface area contributed by atoms with Gasteiger partial charge in [-0.2, -0.15) is 0 Å². The standard InChI is InChI=1S/C23H28O2S/c1-6-7-8-18-9-10-19(26-18)11-13-23(5)14-12-20-17(4)21(24)15(2)16(3)22(20)25-23/h9-10,24H,6-8,12,14H2,1-5H3. The van der Waals surface area contributed by atoms with E-state index in [9.17, 15) is 5.11 Å². The molecule has 26 heavy (non-hydrogen) atoms. The first-order valence-electron chi connectivity index (χ1n) is 9.47. The third-order valence-electron chi connectivity index (χ3n) is 5.41. The lowest BCUT2D eigenvalue weighted by atomic mass is 9.87. The number of phenolic OH excluding ortho intramolecular Hbond substituents is 1. The van der Waals surface area contributed by atoms with Gasteiger partial charge in [0.2, 0.25) is 0 Å². The Kier molecular flexibility index (Phi) is 5.34. The molecular weight excluding hydrogens is 340 g/mol. The number of ether oxygens (including phenoxy) is 1. The van der Waals surface area contributed by atoms with E-state index >= 15 is 0 Å². The number of hydrogen-bond donors (Lipinski definition) is 1. The molecule has 3 rings (SSSR count). The van der Waals surface area contributed by atoms with E-state index in [1.165, 1.54) is 17.7 Å². The number of unbranched alkanes of at least 4 members (excludes halogenated alkanes) is 1. The second kappa shape index (κ2) is 7.37. The highest BCUT2D eigenvalue weighted by molar-refractivity contribution is 7.12. The predicted octanol–water partition coefficient (Wildman–Crippen LogP) is 5.86. The van der Waals surface area contributed by atoms with Crippen molar-refractivity contribution in [2.24, 2.45) is 0 Å². The zero-order valence-corrected chi connectivity index (χ0v) is 17.3. The van der Waals surface area contributed by atoms with Crippen LogP contribution < -0.4 is 4.74 Å². The zero-order chi connectivity index (χ0) is 18.9. The number of fused-ring (bicyclic) bond motifs is 1. The molecule has 138 valence electrons. The molecule has 0 fully saturated rings. The lowest BCUT2D eigenvalue weighted by Gasteiger charge is -2.34. The van der Waals surface area contributed by atoms with E-state index in [4.69, 9.17) is 4.74 Å². The quantitative estimate of drug-likeness (QED) is 0.688. The van der Waals surface area contributed by atoms with Gasteiger partial charge in [0, 0.05) is 16.9 Å². The molecule has 0 saturated carbocycles. The number of benzene rings is 1. The molecule has 1 N–H and O–H groups in total. The predicted molar refractivity (Wildman–Crippen MR) is 109 cm³/mol. The summed E-state index contributed by atoms with van der Waals surface area (Å²) in [6, 6.07) is 4.32. The number of thiophene rings is 1. The van der Waals surface area contributed by atoms with Crippen LogP contribution in [0.5, 0.6) is 11.5 Å². The molecule has 0 saturated heterocycles. The van der Waals surface area contributed by atoms with Gasteiger partial charge < -0.3 is 9.84 Å². The van der Waals surface area contributed by atoms with Gasteiger partial charge in [-0.05, 0) is 81.7 Å². The van der Waals surface area contributed by atoms with Gasteiger partial charge in [-0.15, -0.1) is 11.3 Å². The molecular formula is C23H28O2S. The van der Waals surface area contributed by atoms with E-state index in [1.807, 2.05) is 20.8 Å². The average molecular weight is 369 g/mol. The highest BCUT2D eigenvalue weighted by atomic mass is 32.1. The lowest BCUT2D eigenvalue weighted by molar-refractivity contribution is 0.122. The molecule has 0 aliphatic carbocycles. The summed E-state index contributed by atoms with van der Waals surface area (Å²) in [6.45, 7) is 10.2. The largest absolute Gasteiger partial charge is 0.507 e. The van der Waals surface area contributed by atoms with Crippen LogP contribution in [-0.2, 0) is 12.8 Å². The number of aromatic hydroxyl groups is 1. The molecule has 0 spiro atoms. The molecule has 0 amide bonds. The molecule has 1 aliphatic rings. The fourth-order valence-corrected chi connectivity index (χ4v) is 4.36.